The number of rotatable bonds is 6. The molecule has 0 aromatic heterocycles. The predicted octanol–water partition coefficient (Wildman–Crippen LogP) is 4.02. The van der Waals surface area contributed by atoms with Crippen molar-refractivity contribution in [2.24, 2.45) is 5.73 Å². The standard InChI is InChI=1S/C19H20FNO3.ClH/c1-23-18(22)11-16(21)12-5-7-13(8-6-12)19-15(20)3-2-4-17(19)24-14-9-10-14;/h2-8,14,16H,9-11,21H2,1H3;1H/t16-;/m1./s1. The number of carbonyl (C=O) groups excluding carboxylic acids is 1. The summed E-state index contributed by atoms with van der Waals surface area (Å²) in [5.74, 6) is -0.121. The van der Waals surface area contributed by atoms with Gasteiger partial charge in [0.15, 0.2) is 0 Å². The maximum atomic E-state index is 14.3. The van der Waals surface area contributed by atoms with Gasteiger partial charge in [0.05, 0.1) is 25.2 Å². The molecule has 1 saturated carbocycles. The molecule has 1 atom stereocenters. The first-order valence-corrected chi connectivity index (χ1v) is 7.96. The molecule has 3 rings (SSSR count). The van der Waals surface area contributed by atoms with E-state index < -0.39 is 6.04 Å². The van der Waals surface area contributed by atoms with E-state index in [-0.39, 0.29) is 36.7 Å². The van der Waals surface area contributed by atoms with Gasteiger partial charge in [-0.25, -0.2) is 4.39 Å². The lowest BCUT2D eigenvalue weighted by Gasteiger charge is -2.14. The van der Waals surface area contributed by atoms with Crippen molar-refractivity contribution in [1.29, 1.82) is 0 Å². The SMILES string of the molecule is COC(=O)C[C@@H](N)c1ccc(-c2c(F)cccc2OC2CC2)cc1.Cl. The fourth-order valence-corrected chi connectivity index (χ4v) is 2.53. The van der Waals surface area contributed by atoms with Gasteiger partial charge in [0.2, 0.25) is 0 Å². The first kappa shape index (κ1) is 19.2. The second-order valence-corrected chi connectivity index (χ2v) is 5.94. The monoisotopic (exact) mass is 365 g/mol. The zero-order chi connectivity index (χ0) is 17.1. The summed E-state index contributed by atoms with van der Waals surface area (Å²) in [7, 11) is 1.33. The van der Waals surface area contributed by atoms with Crippen molar-refractivity contribution in [3.63, 3.8) is 0 Å². The number of halogens is 2. The highest BCUT2D eigenvalue weighted by molar-refractivity contribution is 5.85. The Bertz CT molecular complexity index is 732. The Morgan fingerprint density at radius 1 is 1.24 bits per heavy atom. The number of hydrogen-bond acceptors (Lipinski definition) is 4. The average molecular weight is 366 g/mol. The second kappa shape index (κ2) is 8.32. The van der Waals surface area contributed by atoms with Crippen LogP contribution in [0.3, 0.4) is 0 Å². The summed E-state index contributed by atoms with van der Waals surface area (Å²) >= 11 is 0. The lowest BCUT2D eigenvalue weighted by Crippen LogP contribution is -2.16. The summed E-state index contributed by atoms with van der Waals surface area (Å²) in [4.78, 5) is 11.3. The first-order chi connectivity index (χ1) is 11.6. The van der Waals surface area contributed by atoms with Crippen molar-refractivity contribution in [1.82, 2.24) is 0 Å². The summed E-state index contributed by atoms with van der Waals surface area (Å²) in [5.41, 5.74) is 7.97. The van der Waals surface area contributed by atoms with Crippen LogP contribution in [0.2, 0.25) is 0 Å². The van der Waals surface area contributed by atoms with Crippen molar-refractivity contribution in [3.05, 3.63) is 53.8 Å². The third kappa shape index (κ3) is 4.71. The van der Waals surface area contributed by atoms with Crippen molar-refractivity contribution in [2.45, 2.75) is 31.4 Å². The quantitative estimate of drug-likeness (QED) is 0.785. The van der Waals surface area contributed by atoms with E-state index in [1.54, 1.807) is 36.4 Å². The zero-order valence-corrected chi connectivity index (χ0v) is 14.7. The molecule has 2 aromatic carbocycles. The minimum Gasteiger partial charge on any atom is -0.490 e. The summed E-state index contributed by atoms with van der Waals surface area (Å²) < 4.78 is 24.8. The van der Waals surface area contributed by atoms with Gasteiger partial charge in [-0.05, 0) is 36.1 Å². The minimum absolute atomic E-state index is 0. The lowest BCUT2D eigenvalue weighted by atomic mass is 9.99. The minimum atomic E-state index is -0.450. The number of esters is 1. The van der Waals surface area contributed by atoms with E-state index >= 15 is 0 Å². The molecule has 0 bridgehead atoms. The highest BCUT2D eigenvalue weighted by Crippen LogP contribution is 2.37. The molecule has 25 heavy (non-hydrogen) atoms. The van der Waals surface area contributed by atoms with Gasteiger partial charge in [-0.3, -0.25) is 4.79 Å². The van der Waals surface area contributed by atoms with Crippen LogP contribution in [0, 0.1) is 5.82 Å². The van der Waals surface area contributed by atoms with Crippen molar-refractivity contribution in [3.8, 4) is 16.9 Å². The molecule has 1 fully saturated rings. The Morgan fingerprint density at radius 3 is 2.52 bits per heavy atom. The van der Waals surface area contributed by atoms with Gasteiger partial charge in [0.1, 0.15) is 11.6 Å². The molecule has 2 aromatic rings. The van der Waals surface area contributed by atoms with Gasteiger partial charge >= 0.3 is 5.97 Å². The number of benzene rings is 2. The zero-order valence-electron chi connectivity index (χ0n) is 13.9. The summed E-state index contributed by atoms with van der Waals surface area (Å²) in [6, 6.07) is 11.6. The van der Waals surface area contributed by atoms with Gasteiger partial charge < -0.3 is 15.2 Å². The van der Waals surface area contributed by atoms with Crippen molar-refractivity contribution < 1.29 is 18.7 Å². The molecule has 0 radical (unpaired) electrons. The molecule has 1 aliphatic rings. The molecule has 0 heterocycles. The van der Waals surface area contributed by atoms with Crippen molar-refractivity contribution >= 4 is 18.4 Å². The third-order valence-corrected chi connectivity index (χ3v) is 4.04. The highest BCUT2D eigenvalue weighted by atomic mass is 35.5. The average Bonchev–Trinajstić information content (AvgIpc) is 3.39. The summed E-state index contributed by atoms with van der Waals surface area (Å²) in [6.45, 7) is 0. The predicted molar refractivity (Wildman–Crippen MR) is 96.3 cm³/mol. The highest BCUT2D eigenvalue weighted by Gasteiger charge is 2.25. The van der Waals surface area contributed by atoms with Crippen molar-refractivity contribution in [2.75, 3.05) is 7.11 Å². The third-order valence-electron chi connectivity index (χ3n) is 4.04. The van der Waals surface area contributed by atoms with Crippen LogP contribution in [-0.4, -0.2) is 19.2 Å². The van der Waals surface area contributed by atoms with Gasteiger partial charge in [-0.1, -0.05) is 30.3 Å². The molecular formula is C19H21ClFNO3. The van der Waals surface area contributed by atoms with E-state index in [0.29, 0.717) is 11.3 Å². The molecule has 6 heteroatoms. The van der Waals surface area contributed by atoms with Crippen LogP contribution in [0.5, 0.6) is 5.75 Å². The largest absolute Gasteiger partial charge is 0.490 e. The fourth-order valence-electron chi connectivity index (χ4n) is 2.53. The number of methoxy groups -OCH3 is 1. The maximum Gasteiger partial charge on any atom is 0.307 e. The van der Waals surface area contributed by atoms with Crippen LogP contribution >= 0.6 is 12.4 Å². The Morgan fingerprint density at radius 2 is 1.92 bits per heavy atom. The topological polar surface area (TPSA) is 61.5 Å². The summed E-state index contributed by atoms with van der Waals surface area (Å²) in [5, 5.41) is 0. The lowest BCUT2D eigenvalue weighted by molar-refractivity contribution is -0.141. The van der Waals surface area contributed by atoms with Gasteiger partial charge in [-0.2, -0.15) is 0 Å². The summed E-state index contributed by atoms with van der Waals surface area (Å²) in [6.07, 6.45) is 2.32. The van der Waals surface area contributed by atoms with Crippen LogP contribution in [0.1, 0.15) is 30.9 Å². The van der Waals surface area contributed by atoms with E-state index in [2.05, 4.69) is 4.74 Å². The molecule has 1 aliphatic carbocycles. The Labute approximate surface area is 152 Å². The normalized spacial score (nSPS) is 14.4. The van der Waals surface area contributed by atoms with E-state index in [0.717, 1.165) is 24.0 Å². The molecule has 0 amide bonds. The van der Waals surface area contributed by atoms with Gasteiger partial charge in [-0.15, -0.1) is 12.4 Å². The molecule has 0 spiro atoms. The molecule has 134 valence electrons. The molecule has 0 unspecified atom stereocenters. The first-order valence-electron chi connectivity index (χ1n) is 7.96. The van der Waals surface area contributed by atoms with Gasteiger partial charge in [0.25, 0.3) is 0 Å². The molecule has 4 nitrogen and oxygen atoms in total. The van der Waals surface area contributed by atoms with Crippen LogP contribution in [0.15, 0.2) is 42.5 Å². The number of hydrogen-bond donors (Lipinski definition) is 1. The fraction of sp³-hybridized carbons (Fsp3) is 0.316. The van der Waals surface area contributed by atoms with Crippen LogP contribution in [0.25, 0.3) is 11.1 Å². The smallest absolute Gasteiger partial charge is 0.307 e. The Hall–Kier alpha value is -2.11. The van der Waals surface area contributed by atoms with Gasteiger partial charge in [0, 0.05) is 6.04 Å². The second-order valence-electron chi connectivity index (χ2n) is 5.94. The van der Waals surface area contributed by atoms with E-state index in [1.165, 1.54) is 13.2 Å². The molecular weight excluding hydrogens is 345 g/mol. The van der Waals surface area contributed by atoms with E-state index in [9.17, 15) is 9.18 Å². The number of ether oxygens (including phenoxy) is 2. The maximum absolute atomic E-state index is 14.3. The molecule has 2 N–H and O–H groups in total. The Balaban J connectivity index is 0.00000225. The number of nitrogens with two attached hydrogens (primary N) is 1. The molecule has 0 saturated heterocycles. The van der Waals surface area contributed by atoms with E-state index in [4.69, 9.17) is 10.5 Å². The number of carbonyl (C=O) groups is 1. The van der Waals surface area contributed by atoms with Crippen LogP contribution < -0.4 is 10.5 Å². The van der Waals surface area contributed by atoms with Crippen LogP contribution in [0.4, 0.5) is 4.39 Å². The molecule has 0 aliphatic heterocycles. The Kier molecular flexibility index (Phi) is 6.39. The van der Waals surface area contributed by atoms with Crippen LogP contribution in [-0.2, 0) is 9.53 Å². The van der Waals surface area contributed by atoms with E-state index in [1.807, 2.05) is 0 Å².